The van der Waals surface area contributed by atoms with Gasteiger partial charge >= 0.3 is 0 Å². The summed E-state index contributed by atoms with van der Waals surface area (Å²) < 4.78 is 2.05. The summed E-state index contributed by atoms with van der Waals surface area (Å²) >= 11 is 0. The fourth-order valence-corrected chi connectivity index (χ4v) is 2.18. The van der Waals surface area contributed by atoms with Crippen molar-refractivity contribution in [2.24, 2.45) is 0 Å². The van der Waals surface area contributed by atoms with Crippen molar-refractivity contribution in [2.45, 2.75) is 13.5 Å². The van der Waals surface area contributed by atoms with Gasteiger partial charge in [0.25, 0.3) is 0 Å². The molecule has 0 aliphatic heterocycles. The number of imidazole rings is 1. The fourth-order valence-electron chi connectivity index (χ4n) is 2.18. The molecule has 1 aromatic heterocycles. The quantitative estimate of drug-likeness (QED) is 0.744. The molecule has 0 saturated heterocycles. The van der Waals surface area contributed by atoms with E-state index in [4.69, 9.17) is 5.73 Å². The molecule has 0 fully saturated rings. The molecule has 0 unspecified atom stereocenters. The molecule has 3 nitrogen and oxygen atoms in total. The highest BCUT2D eigenvalue weighted by molar-refractivity contribution is 5.79. The van der Waals surface area contributed by atoms with E-state index >= 15 is 0 Å². The maximum absolute atomic E-state index is 6.00. The van der Waals surface area contributed by atoms with Crippen LogP contribution in [-0.4, -0.2) is 9.55 Å². The summed E-state index contributed by atoms with van der Waals surface area (Å²) in [6, 6.07) is 16.5. The average Bonchev–Trinajstić information content (AvgIpc) is 2.67. The summed E-state index contributed by atoms with van der Waals surface area (Å²) in [5.41, 5.74) is 10.5. The molecule has 0 aliphatic rings. The standard InChI is InChI=1S/C15H15N3/c1-11-7-8-13-14(9-11)18(15(16)17-13)10-12-5-3-2-4-6-12/h2-9H,10H2,1H3,(H2,16,17). The Kier molecular flexibility index (Phi) is 2.52. The Morgan fingerprint density at radius 1 is 1.11 bits per heavy atom. The van der Waals surface area contributed by atoms with E-state index in [0.717, 1.165) is 17.6 Å². The van der Waals surface area contributed by atoms with Gasteiger partial charge in [0.2, 0.25) is 5.95 Å². The summed E-state index contributed by atoms with van der Waals surface area (Å²) in [6.07, 6.45) is 0. The third-order valence-corrected chi connectivity index (χ3v) is 3.12. The molecule has 3 aromatic rings. The van der Waals surface area contributed by atoms with Crippen LogP contribution in [0.15, 0.2) is 48.5 Å². The Morgan fingerprint density at radius 3 is 2.67 bits per heavy atom. The van der Waals surface area contributed by atoms with Gasteiger partial charge in [0.1, 0.15) is 0 Å². The molecule has 0 amide bonds. The third kappa shape index (κ3) is 1.84. The second kappa shape index (κ2) is 4.18. The van der Waals surface area contributed by atoms with Gasteiger partial charge in [-0.15, -0.1) is 0 Å². The van der Waals surface area contributed by atoms with Gasteiger partial charge in [-0.05, 0) is 30.2 Å². The first kappa shape index (κ1) is 10.8. The Bertz CT molecular complexity index is 684. The molecule has 0 atom stereocenters. The van der Waals surface area contributed by atoms with Crippen LogP contribution in [0, 0.1) is 6.92 Å². The van der Waals surface area contributed by atoms with Crippen molar-refractivity contribution in [1.82, 2.24) is 9.55 Å². The lowest BCUT2D eigenvalue weighted by molar-refractivity contribution is 0.838. The SMILES string of the molecule is Cc1ccc2nc(N)n(Cc3ccccc3)c2c1. The van der Waals surface area contributed by atoms with Crippen molar-refractivity contribution in [3.63, 3.8) is 0 Å². The zero-order valence-electron chi connectivity index (χ0n) is 10.3. The number of hydrogen-bond donors (Lipinski definition) is 1. The van der Waals surface area contributed by atoms with Gasteiger partial charge in [-0.25, -0.2) is 4.98 Å². The molecule has 3 rings (SSSR count). The highest BCUT2D eigenvalue weighted by Gasteiger charge is 2.08. The lowest BCUT2D eigenvalue weighted by Crippen LogP contribution is -2.04. The van der Waals surface area contributed by atoms with E-state index in [-0.39, 0.29) is 0 Å². The molecule has 2 N–H and O–H groups in total. The van der Waals surface area contributed by atoms with E-state index < -0.39 is 0 Å². The second-order valence-corrected chi connectivity index (χ2v) is 4.53. The van der Waals surface area contributed by atoms with E-state index in [1.54, 1.807) is 0 Å². The highest BCUT2D eigenvalue weighted by Crippen LogP contribution is 2.20. The number of hydrogen-bond acceptors (Lipinski definition) is 2. The Morgan fingerprint density at radius 2 is 1.89 bits per heavy atom. The topological polar surface area (TPSA) is 43.8 Å². The molecule has 0 aliphatic carbocycles. The van der Waals surface area contributed by atoms with Gasteiger partial charge in [-0.2, -0.15) is 0 Å². The first-order valence-corrected chi connectivity index (χ1v) is 6.00. The molecule has 0 radical (unpaired) electrons. The summed E-state index contributed by atoms with van der Waals surface area (Å²) in [4.78, 5) is 4.39. The number of anilines is 1. The Balaban J connectivity index is 2.11. The Hall–Kier alpha value is -2.29. The molecular weight excluding hydrogens is 222 g/mol. The van der Waals surface area contributed by atoms with Crippen molar-refractivity contribution in [2.75, 3.05) is 5.73 Å². The van der Waals surface area contributed by atoms with Crippen LogP contribution in [0.2, 0.25) is 0 Å². The van der Waals surface area contributed by atoms with E-state index in [9.17, 15) is 0 Å². The van der Waals surface area contributed by atoms with Gasteiger partial charge in [0, 0.05) is 0 Å². The average molecular weight is 237 g/mol. The molecule has 18 heavy (non-hydrogen) atoms. The van der Waals surface area contributed by atoms with E-state index in [1.165, 1.54) is 11.1 Å². The number of nitrogens with zero attached hydrogens (tertiary/aromatic N) is 2. The normalized spacial score (nSPS) is 10.9. The van der Waals surface area contributed by atoms with Crippen LogP contribution < -0.4 is 5.73 Å². The van der Waals surface area contributed by atoms with E-state index in [1.807, 2.05) is 24.3 Å². The Labute approximate surface area is 106 Å². The second-order valence-electron chi connectivity index (χ2n) is 4.53. The lowest BCUT2D eigenvalue weighted by Gasteiger charge is -2.06. The molecule has 1 heterocycles. The molecule has 2 aromatic carbocycles. The molecular formula is C15H15N3. The van der Waals surface area contributed by atoms with Crippen molar-refractivity contribution in [3.8, 4) is 0 Å². The van der Waals surface area contributed by atoms with Crippen LogP contribution in [0.4, 0.5) is 5.95 Å². The number of fused-ring (bicyclic) bond motifs is 1. The molecule has 0 saturated carbocycles. The summed E-state index contributed by atoms with van der Waals surface area (Å²) in [6.45, 7) is 2.84. The van der Waals surface area contributed by atoms with Gasteiger partial charge in [-0.3, -0.25) is 0 Å². The lowest BCUT2D eigenvalue weighted by atomic mass is 10.2. The van der Waals surface area contributed by atoms with Crippen LogP contribution in [0.3, 0.4) is 0 Å². The van der Waals surface area contributed by atoms with Crippen LogP contribution in [0.25, 0.3) is 11.0 Å². The minimum Gasteiger partial charge on any atom is -0.369 e. The maximum atomic E-state index is 6.00. The van der Waals surface area contributed by atoms with Gasteiger partial charge in [0.05, 0.1) is 17.6 Å². The summed E-state index contributed by atoms with van der Waals surface area (Å²) in [5, 5.41) is 0. The monoisotopic (exact) mass is 237 g/mol. The molecule has 0 bridgehead atoms. The van der Waals surface area contributed by atoms with Crippen LogP contribution >= 0.6 is 0 Å². The zero-order chi connectivity index (χ0) is 12.5. The summed E-state index contributed by atoms with van der Waals surface area (Å²) in [5.74, 6) is 0.569. The molecule has 90 valence electrons. The first-order valence-electron chi connectivity index (χ1n) is 6.00. The van der Waals surface area contributed by atoms with E-state index in [2.05, 4.69) is 40.7 Å². The molecule has 0 spiro atoms. The zero-order valence-corrected chi connectivity index (χ0v) is 10.3. The highest BCUT2D eigenvalue weighted by atomic mass is 15.1. The number of aromatic nitrogens is 2. The van der Waals surface area contributed by atoms with Crippen molar-refractivity contribution in [1.29, 1.82) is 0 Å². The van der Waals surface area contributed by atoms with Crippen molar-refractivity contribution >= 4 is 17.0 Å². The van der Waals surface area contributed by atoms with Gasteiger partial charge in [-0.1, -0.05) is 36.4 Å². The summed E-state index contributed by atoms with van der Waals surface area (Å²) in [7, 11) is 0. The van der Waals surface area contributed by atoms with Crippen LogP contribution in [0.5, 0.6) is 0 Å². The molecule has 3 heteroatoms. The van der Waals surface area contributed by atoms with Gasteiger partial charge < -0.3 is 10.3 Å². The fraction of sp³-hybridized carbons (Fsp3) is 0.133. The van der Waals surface area contributed by atoms with Crippen LogP contribution in [-0.2, 0) is 6.54 Å². The third-order valence-electron chi connectivity index (χ3n) is 3.12. The minimum absolute atomic E-state index is 0.569. The van der Waals surface area contributed by atoms with E-state index in [0.29, 0.717) is 5.95 Å². The first-order chi connectivity index (χ1) is 8.74. The minimum atomic E-state index is 0.569. The maximum Gasteiger partial charge on any atom is 0.201 e. The largest absolute Gasteiger partial charge is 0.369 e. The number of nitrogen functional groups attached to an aromatic ring is 1. The number of benzene rings is 2. The van der Waals surface area contributed by atoms with Crippen molar-refractivity contribution in [3.05, 3.63) is 59.7 Å². The predicted octanol–water partition coefficient (Wildman–Crippen LogP) is 2.98. The number of aryl methyl sites for hydroxylation is 1. The smallest absolute Gasteiger partial charge is 0.201 e. The predicted molar refractivity (Wildman–Crippen MR) is 74.4 cm³/mol. The van der Waals surface area contributed by atoms with Crippen LogP contribution in [0.1, 0.15) is 11.1 Å². The number of nitrogens with two attached hydrogens (primary N) is 1. The number of rotatable bonds is 2. The van der Waals surface area contributed by atoms with Gasteiger partial charge in [0.15, 0.2) is 0 Å². The van der Waals surface area contributed by atoms with Crippen molar-refractivity contribution < 1.29 is 0 Å².